The molecule has 1 fully saturated rings. The van der Waals surface area contributed by atoms with E-state index in [0.717, 1.165) is 31.9 Å². The van der Waals surface area contributed by atoms with Crippen LogP contribution in [-0.2, 0) is 0 Å². The number of para-hydroxylation sites is 1. The summed E-state index contributed by atoms with van der Waals surface area (Å²) in [5.74, 6) is 0.961. The van der Waals surface area contributed by atoms with Gasteiger partial charge in [-0.05, 0) is 6.07 Å². The van der Waals surface area contributed by atoms with Crippen LogP contribution >= 0.6 is 12.4 Å². The fourth-order valence-electron chi connectivity index (χ4n) is 2.43. The number of benzene rings is 1. The van der Waals surface area contributed by atoms with Gasteiger partial charge in [0.2, 0.25) is 0 Å². The standard InChI is InChI=1S/C13H21N3O.ClH/c1-17-13-5-3-2-4-11(13)12-10-15-7-9-16(12)8-6-14;/h2-5,12,15H,6-10,14H2,1H3;1H. The summed E-state index contributed by atoms with van der Waals surface area (Å²) in [4.78, 5) is 2.42. The Morgan fingerprint density at radius 1 is 1.44 bits per heavy atom. The Bertz CT molecular complexity index is 360. The molecule has 18 heavy (non-hydrogen) atoms. The molecule has 0 saturated carbocycles. The van der Waals surface area contributed by atoms with E-state index in [1.165, 1.54) is 5.56 Å². The van der Waals surface area contributed by atoms with Gasteiger partial charge in [0.1, 0.15) is 5.75 Å². The van der Waals surface area contributed by atoms with Crippen molar-refractivity contribution in [3.8, 4) is 5.75 Å². The lowest BCUT2D eigenvalue weighted by Gasteiger charge is -2.36. The number of nitrogens with one attached hydrogen (secondary N) is 1. The van der Waals surface area contributed by atoms with Crippen molar-refractivity contribution in [1.82, 2.24) is 10.2 Å². The summed E-state index contributed by atoms with van der Waals surface area (Å²) in [6.45, 7) is 4.67. The van der Waals surface area contributed by atoms with Crippen LogP contribution in [0.25, 0.3) is 0 Å². The molecule has 1 aliphatic rings. The first-order valence-corrected chi connectivity index (χ1v) is 6.14. The van der Waals surface area contributed by atoms with Crippen LogP contribution in [0.2, 0.25) is 0 Å². The maximum atomic E-state index is 5.68. The van der Waals surface area contributed by atoms with E-state index in [1.807, 2.05) is 12.1 Å². The van der Waals surface area contributed by atoms with Crippen molar-refractivity contribution in [1.29, 1.82) is 0 Å². The van der Waals surface area contributed by atoms with Crippen LogP contribution in [0.3, 0.4) is 0 Å². The lowest BCUT2D eigenvalue weighted by atomic mass is 10.0. The quantitative estimate of drug-likeness (QED) is 0.859. The molecule has 102 valence electrons. The third kappa shape index (κ3) is 3.36. The van der Waals surface area contributed by atoms with Crippen molar-refractivity contribution in [3.05, 3.63) is 29.8 Å². The molecule has 1 saturated heterocycles. The fraction of sp³-hybridized carbons (Fsp3) is 0.538. The maximum absolute atomic E-state index is 5.68. The number of nitrogens with zero attached hydrogens (tertiary/aromatic N) is 1. The number of methoxy groups -OCH3 is 1. The second kappa shape index (κ2) is 7.59. The molecule has 1 aromatic rings. The molecule has 0 radical (unpaired) electrons. The Hall–Kier alpha value is -0.810. The third-order valence-electron chi connectivity index (χ3n) is 3.27. The van der Waals surface area contributed by atoms with E-state index in [2.05, 4.69) is 22.3 Å². The van der Waals surface area contributed by atoms with Gasteiger partial charge in [0.15, 0.2) is 0 Å². The molecule has 0 aliphatic carbocycles. The first-order chi connectivity index (χ1) is 8.36. The summed E-state index contributed by atoms with van der Waals surface area (Å²) in [5, 5.41) is 3.43. The molecule has 0 spiro atoms. The van der Waals surface area contributed by atoms with Crippen LogP contribution in [0.15, 0.2) is 24.3 Å². The summed E-state index contributed by atoms with van der Waals surface area (Å²) in [6, 6.07) is 8.59. The van der Waals surface area contributed by atoms with Crippen LogP contribution in [0.1, 0.15) is 11.6 Å². The minimum atomic E-state index is 0. The summed E-state index contributed by atoms with van der Waals surface area (Å²) >= 11 is 0. The van der Waals surface area contributed by atoms with Crippen molar-refractivity contribution in [2.45, 2.75) is 6.04 Å². The van der Waals surface area contributed by atoms with Gasteiger partial charge in [-0.25, -0.2) is 0 Å². The number of hydrogen-bond acceptors (Lipinski definition) is 4. The summed E-state index contributed by atoms with van der Waals surface area (Å²) in [6.07, 6.45) is 0. The predicted molar refractivity (Wildman–Crippen MR) is 76.5 cm³/mol. The Balaban J connectivity index is 0.00000162. The molecule has 1 aromatic carbocycles. The molecule has 1 atom stereocenters. The highest BCUT2D eigenvalue weighted by Gasteiger charge is 2.25. The summed E-state index contributed by atoms with van der Waals surface area (Å²) in [5.41, 5.74) is 6.92. The van der Waals surface area contributed by atoms with Crippen molar-refractivity contribution in [2.75, 3.05) is 39.8 Å². The predicted octanol–water partition coefficient (Wildman–Crippen LogP) is 1.02. The highest BCUT2D eigenvalue weighted by atomic mass is 35.5. The number of hydrogen-bond donors (Lipinski definition) is 2. The van der Waals surface area contributed by atoms with Gasteiger partial charge in [0.05, 0.1) is 13.2 Å². The van der Waals surface area contributed by atoms with Crippen LogP contribution < -0.4 is 15.8 Å². The van der Waals surface area contributed by atoms with E-state index in [1.54, 1.807) is 7.11 Å². The third-order valence-corrected chi connectivity index (χ3v) is 3.27. The number of piperazine rings is 1. The largest absolute Gasteiger partial charge is 0.496 e. The van der Waals surface area contributed by atoms with Crippen LogP contribution in [0.5, 0.6) is 5.75 Å². The number of nitrogens with two attached hydrogens (primary N) is 1. The molecular weight excluding hydrogens is 250 g/mol. The maximum Gasteiger partial charge on any atom is 0.123 e. The van der Waals surface area contributed by atoms with E-state index in [9.17, 15) is 0 Å². The van der Waals surface area contributed by atoms with Crippen molar-refractivity contribution in [2.24, 2.45) is 5.73 Å². The van der Waals surface area contributed by atoms with E-state index in [4.69, 9.17) is 10.5 Å². The van der Waals surface area contributed by atoms with Gasteiger partial charge < -0.3 is 15.8 Å². The van der Waals surface area contributed by atoms with Gasteiger partial charge in [-0.15, -0.1) is 12.4 Å². The van der Waals surface area contributed by atoms with Gasteiger partial charge >= 0.3 is 0 Å². The van der Waals surface area contributed by atoms with Crippen LogP contribution in [0.4, 0.5) is 0 Å². The second-order valence-electron chi connectivity index (χ2n) is 4.29. The van der Waals surface area contributed by atoms with E-state index < -0.39 is 0 Å². The van der Waals surface area contributed by atoms with Gasteiger partial charge in [-0.3, -0.25) is 4.90 Å². The lowest BCUT2D eigenvalue weighted by molar-refractivity contribution is 0.164. The molecule has 1 aliphatic heterocycles. The topological polar surface area (TPSA) is 50.5 Å². The normalized spacial score (nSPS) is 20.2. The van der Waals surface area contributed by atoms with Crippen molar-refractivity contribution >= 4 is 12.4 Å². The Kier molecular flexibility index (Phi) is 6.43. The molecular formula is C13H22ClN3O. The van der Waals surface area contributed by atoms with Gasteiger partial charge in [-0.2, -0.15) is 0 Å². The number of halogens is 1. The number of ether oxygens (including phenoxy) is 1. The first kappa shape index (κ1) is 15.2. The zero-order chi connectivity index (χ0) is 12.1. The molecule has 0 aromatic heterocycles. The lowest BCUT2D eigenvalue weighted by Crippen LogP contribution is -2.47. The van der Waals surface area contributed by atoms with E-state index in [-0.39, 0.29) is 12.4 Å². The Morgan fingerprint density at radius 2 is 2.22 bits per heavy atom. The zero-order valence-corrected chi connectivity index (χ0v) is 11.6. The monoisotopic (exact) mass is 271 g/mol. The fourth-order valence-corrected chi connectivity index (χ4v) is 2.43. The summed E-state index contributed by atoms with van der Waals surface area (Å²) < 4.78 is 5.44. The van der Waals surface area contributed by atoms with Gasteiger partial charge in [0.25, 0.3) is 0 Å². The molecule has 4 nitrogen and oxygen atoms in total. The van der Waals surface area contributed by atoms with Gasteiger partial charge in [0, 0.05) is 38.3 Å². The average Bonchev–Trinajstić information content (AvgIpc) is 2.40. The molecule has 1 unspecified atom stereocenters. The Morgan fingerprint density at radius 3 is 2.94 bits per heavy atom. The van der Waals surface area contributed by atoms with Crippen LogP contribution in [-0.4, -0.2) is 44.7 Å². The number of rotatable bonds is 4. The van der Waals surface area contributed by atoms with E-state index >= 15 is 0 Å². The molecule has 0 amide bonds. The van der Waals surface area contributed by atoms with E-state index in [0.29, 0.717) is 12.6 Å². The highest BCUT2D eigenvalue weighted by molar-refractivity contribution is 5.85. The molecule has 3 N–H and O–H groups in total. The Labute approximate surface area is 115 Å². The van der Waals surface area contributed by atoms with Crippen molar-refractivity contribution < 1.29 is 4.74 Å². The SMILES string of the molecule is COc1ccccc1C1CNCCN1CCN.Cl. The second-order valence-corrected chi connectivity index (χ2v) is 4.29. The first-order valence-electron chi connectivity index (χ1n) is 6.14. The minimum absolute atomic E-state index is 0. The smallest absolute Gasteiger partial charge is 0.123 e. The minimum Gasteiger partial charge on any atom is -0.496 e. The average molecular weight is 272 g/mol. The van der Waals surface area contributed by atoms with Crippen molar-refractivity contribution in [3.63, 3.8) is 0 Å². The molecule has 5 heteroatoms. The highest BCUT2D eigenvalue weighted by Crippen LogP contribution is 2.29. The summed E-state index contributed by atoms with van der Waals surface area (Å²) in [7, 11) is 1.72. The zero-order valence-electron chi connectivity index (χ0n) is 10.8. The van der Waals surface area contributed by atoms with Crippen LogP contribution in [0, 0.1) is 0 Å². The molecule has 0 bridgehead atoms. The van der Waals surface area contributed by atoms with Gasteiger partial charge in [-0.1, -0.05) is 18.2 Å². The molecule has 1 heterocycles. The molecule has 2 rings (SSSR count).